The van der Waals surface area contributed by atoms with E-state index >= 15 is 0 Å². The monoisotopic (exact) mass is 315 g/mol. The van der Waals surface area contributed by atoms with Crippen LogP contribution in [0.25, 0.3) is 0 Å². The molecular formula is C16H21N5O2. The lowest BCUT2D eigenvalue weighted by molar-refractivity contribution is 0.0341. The number of hydrogen-bond donors (Lipinski definition) is 1. The molecule has 1 fully saturated rings. The van der Waals surface area contributed by atoms with E-state index in [2.05, 4.69) is 20.3 Å². The quantitative estimate of drug-likeness (QED) is 0.918. The highest BCUT2D eigenvalue weighted by atomic mass is 16.5. The number of aromatic nitrogens is 3. The Morgan fingerprint density at radius 1 is 1.35 bits per heavy atom. The minimum atomic E-state index is -0.207. The van der Waals surface area contributed by atoms with Gasteiger partial charge in [0.25, 0.3) is 5.91 Å². The number of pyridine rings is 1. The van der Waals surface area contributed by atoms with Crippen molar-refractivity contribution in [3.05, 3.63) is 41.3 Å². The summed E-state index contributed by atoms with van der Waals surface area (Å²) in [6, 6.07) is 5.58. The second kappa shape index (κ2) is 6.89. The summed E-state index contributed by atoms with van der Waals surface area (Å²) in [4.78, 5) is 18.9. The van der Waals surface area contributed by atoms with Gasteiger partial charge in [-0.15, -0.1) is 0 Å². The Bertz CT molecular complexity index is 674. The second-order valence-corrected chi connectivity index (χ2v) is 5.69. The van der Waals surface area contributed by atoms with Crippen LogP contribution in [-0.4, -0.2) is 51.9 Å². The molecule has 0 aliphatic carbocycles. The van der Waals surface area contributed by atoms with Crippen LogP contribution in [0.3, 0.4) is 0 Å². The highest BCUT2D eigenvalue weighted by molar-refractivity contribution is 6.02. The molecule has 7 nitrogen and oxygen atoms in total. The first-order chi connectivity index (χ1) is 11.1. The molecule has 0 spiro atoms. The van der Waals surface area contributed by atoms with Gasteiger partial charge < -0.3 is 10.1 Å². The number of morpholine rings is 1. The van der Waals surface area contributed by atoms with Crippen LogP contribution in [0.2, 0.25) is 0 Å². The molecule has 7 heteroatoms. The molecule has 0 bridgehead atoms. The normalized spacial score (nSPS) is 15.6. The van der Waals surface area contributed by atoms with E-state index in [4.69, 9.17) is 4.74 Å². The summed E-state index contributed by atoms with van der Waals surface area (Å²) in [5.74, 6) is 0.334. The van der Waals surface area contributed by atoms with E-state index in [0.29, 0.717) is 11.5 Å². The molecule has 2 aromatic rings. The number of nitrogens with zero attached hydrogens (tertiary/aromatic N) is 4. The van der Waals surface area contributed by atoms with E-state index in [1.54, 1.807) is 24.0 Å². The van der Waals surface area contributed by atoms with E-state index in [1.807, 2.05) is 19.1 Å². The van der Waals surface area contributed by atoms with Crippen LogP contribution in [0, 0.1) is 6.92 Å². The summed E-state index contributed by atoms with van der Waals surface area (Å²) in [5.41, 5.74) is 2.45. The number of carbonyl (C=O) groups is 1. The minimum Gasteiger partial charge on any atom is -0.379 e. The van der Waals surface area contributed by atoms with Crippen LogP contribution in [0.4, 0.5) is 5.82 Å². The van der Waals surface area contributed by atoms with Gasteiger partial charge in [0.1, 0.15) is 11.5 Å². The van der Waals surface area contributed by atoms with Crippen molar-refractivity contribution in [2.24, 2.45) is 7.05 Å². The van der Waals surface area contributed by atoms with Gasteiger partial charge in [-0.25, -0.2) is 4.98 Å². The predicted molar refractivity (Wildman–Crippen MR) is 86.2 cm³/mol. The summed E-state index contributed by atoms with van der Waals surface area (Å²) >= 11 is 0. The lowest BCUT2D eigenvalue weighted by Gasteiger charge is -2.26. The molecule has 1 aliphatic rings. The molecule has 0 aromatic carbocycles. The Balaban J connectivity index is 1.60. The van der Waals surface area contributed by atoms with E-state index < -0.39 is 0 Å². The standard InChI is InChI=1S/C16H21N5O2/c1-12-9-14(20(2)19-12)16(22)18-15-4-3-13(10-17-15)11-21-5-7-23-8-6-21/h3-4,9-10H,5-8,11H2,1-2H3,(H,17,18,22). The number of anilines is 1. The Morgan fingerprint density at radius 2 is 2.13 bits per heavy atom. The first kappa shape index (κ1) is 15.6. The SMILES string of the molecule is Cc1cc(C(=O)Nc2ccc(CN3CCOCC3)cn2)n(C)n1. The molecule has 1 N–H and O–H groups in total. The summed E-state index contributed by atoms with van der Waals surface area (Å²) < 4.78 is 6.91. The summed E-state index contributed by atoms with van der Waals surface area (Å²) in [6.45, 7) is 6.16. The average molecular weight is 315 g/mol. The van der Waals surface area contributed by atoms with Gasteiger partial charge in [-0.2, -0.15) is 5.10 Å². The van der Waals surface area contributed by atoms with Crippen LogP contribution in [0.15, 0.2) is 24.4 Å². The van der Waals surface area contributed by atoms with Gasteiger partial charge in [0.2, 0.25) is 0 Å². The first-order valence-corrected chi connectivity index (χ1v) is 7.69. The predicted octanol–water partition coefficient (Wildman–Crippen LogP) is 1.21. The molecule has 0 saturated carbocycles. The average Bonchev–Trinajstić information content (AvgIpc) is 2.89. The summed E-state index contributed by atoms with van der Waals surface area (Å²) in [6.07, 6.45) is 1.81. The number of ether oxygens (including phenoxy) is 1. The van der Waals surface area contributed by atoms with Crippen molar-refractivity contribution in [2.45, 2.75) is 13.5 Å². The maximum Gasteiger partial charge on any atom is 0.275 e. The van der Waals surface area contributed by atoms with Gasteiger partial charge in [-0.3, -0.25) is 14.4 Å². The van der Waals surface area contributed by atoms with Crippen LogP contribution in [-0.2, 0) is 18.3 Å². The molecule has 3 heterocycles. The number of hydrogen-bond acceptors (Lipinski definition) is 5. The highest BCUT2D eigenvalue weighted by Gasteiger charge is 2.13. The van der Waals surface area contributed by atoms with Gasteiger partial charge in [0.05, 0.1) is 18.9 Å². The van der Waals surface area contributed by atoms with E-state index in [0.717, 1.165) is 44.1 Å². The molecule has 1 aliphatic heterocycles. The lowest BCUT2D eigenvalue weighted by atomic mass is 10.2. The fourth-order valence-corrected chi connectivity index (χ4v) is 2.61. The van der Waals surface area contributed by atoms with Gasteiger partial charge >= 0.3 is 0 Å². The number of amides is 1. The second-order valence-electron chi connectivity index (χ2n) is 5.69. The highest BCUT2D eigenvalue weighted by Crippen LogP contribution is 2.11. The molecular weight excluding hydrogens is 294 g/mol. The summed E-state index contributed by atoms with van der Waals surface area (Å²) in [7, 11) is 1.75. The maximum atomic E-state index is 12.2. The molecule has 122 valence electrons. The fourth-order valence-electron chi connectivity index (χ4n) is 2.61. The van der Waals surface area contributed by atoms with Crippen molar-refractivity contribution in [1.82, 2.24) is 19.7 Å². The van der Waals surface area contributed by atoms with Crippen molar-refractivity contribution < 1.29 is 9.53 Å². The third-order valence-corrected chi connectivity index (χ3v) is 3.81. The van der Waals surface area contributed by atoms with Gasteiger partial charge in [0, 0.05) is 32.9 Å². The number of rotatable bonds is 4. The van der Waals surface area contributed by atoms with Crippen LogP contribution in [0.5, 0.6) is 0 Å². The molecule has 3 rings (SSSR count). The van der Waals surface area contributed by atoms with Gasteiger partial charge in [-0.05, 0) is 24.6 Å². The zero-order valence-electron chi connectivity index (χ0n) is 13.5. The number of aryl methyl sites for hydroxylation is 2. The van der Waals surface area contributed by atoms with Gasteiger partial charge in [-0.1, -0.05) is 6.07 Å². The van der Waals surface area contributed by atoms with Crippen molar-refractivity contribution in [3.8, 4) is 0 Å². The largest absolute Gasteiger partial charge is 0.379 e. The topological polar surface area (TPSA) is 72.3 Å². The van der Waals surface area contributed by atoms with E-state index in [1.165, 1.54) is 0 Å². The Kier molecular flexibility index (Phi) is 4.68. The lowest BCUT2D eigenvalue weighted by Crippen LogP contribution is -2.35. The molecule has 2 aromatic heterocycles. The molecule has 23 heavy (non-hydrogen) atoms. The van der Waals surface area contributed by atoms with Crippen LogP contribution < -0.4 is 5.32 Å². The Morgan fingerprint density at radius 3 is 2.74 bits per heavy atom. The fraction of sp³-hybridized carbons (Fsp3) is 0.438. The number of nitrogens with one attached hydrogen (secondary N) is 1. The molecule has 0 radical (unpaired) electrons. The number of carbonyl (C=O) groups excluding carboxylic acids is 1. The molecule has 1 saturated heterocycles. The molecule has 1 amide bonds. The first-order valence-electron chi connectivity index (χ1n) is 7.69. The molecule has 0 unspecified atom stereocenters. The van der Waals surface area contributed by atoms with Crippen molar-refractivity contribution in [3.63, 3.8) is 0 Å². The Hall–Kier alpha value is -2.25. The third-order valence-electron chi connectivity index (χ3n) is 3.81. The third kappa shape index (κ3) is 3.94. The minimum absolute atomic E-state index is 0.207. The molecule has 0 atom stereocenters. The van der Waals surface area contributed by atoms with Crippen LogP contribution in [0.1, 0.15) is 21.7 Å². The van der Waals surface area contributed by atoms with Crippen molar-refractivity contribution in [2.75, 3.05) is 31.6 Å². The zero-order valence-corrected chi connectivity index (χ0v) is 13.5. The maximum absolute atomic E-state index is 12.2. The Labute approximate surface area is 135 Å². The van der Waals surface area contributed by atoms with Crippen LogP contribution >= 0.6 is 0 Å². The smallest absolute Gasteiger partial charge is 0.275 e. The van der Waals surface area contributed by atoms with Gasteiger partial charge in [0.15, 0.2) is 0 Å². The van der Waals surface area contributed by atoms with Crippen molar-refractivity contribution >= 4 is 11.7 Å². The summed E-state index contributed by atoms with van der Waals surface area (Å²) in [5, 5.41) is 6.97. The zero-order chi connectivity index (χ0) is 16.2. The van der Waals surface area contributed by atoms with E-state index in [-0.39, 0.29) is 5.91 Å². The van der Waals surface area contributed by atoms with Crippen molar-refractivity contribution in [1.29, 1.82) is 0 Å². The van der Waals surface area contributed by atoms with E-state index in [9.17, 15) is 4.79 Å².